The maximum atomic E-state index is 13.0. The lowest BCUT2D eigenvalue weighted by Crippen LogP contribution is -2.42. The maximum absolute atomic E-state index is 13.0. The number of nitrogens with zero attached hydrogens (tertiary/aromatic N) is 1. The summed E-state index contributed by atoms with van der Waals surface area (Å²) in [4.78, 5) is 26.7. The Labute approximate surface area is 199 Å². The van der Waals surface area contributed by atoms with Gasteiger partial charge in [0.1, 0.15) is 25.9 Å². The van der Waals surface area contributed by atoms with Crippen LogP contribution in [0.5, 0.6) is 23.0 Å². The van der Waals surface area contributed by atoms with Crippen molar-refractivity contribution in [3.8, 4) is 23.0 Å². The molecule has 2 aromatic rings. The first-order valence-corrected chi connectivity index (χ1v) is 11.6. The van der Waals surface area contributed by atoms with Crippen molar-refractivity contribution >= 4 is 11.6 Å². The molecule has 0 amide bonds. The van der Waals surface area contributed by atoms with E-state index in [0.29, 0.717) is 53.9 Å². The lowest BCUT2D eigenvalue weighted by atomic mass is 9.88. The second-order valence-electron chi connectivity index (χ2n) is 8.68. The quantitative estimate of drug-likeness (QED) is 0.560. The van der Waals surface area contributed by atoms with Crippen LogP contribution >= 0.6 is 0 Å². The van der Waals surface area contributed by atoms with Gasteiger partial charge >= 0.3 is 0 Å². The van der Waals surface area contributed by atoms with E-state index in [4.69, 9.17) is 18.9 Å². The van der Waals surface area contributed by atoms with Crippen LogP contribution in [-0.2, 0) is 0 Å². The molecular weight excluding hydrogens is 438 g/mol. The molecule has 0 radical (unpaired) electrons. The van der Waals surface area contributed by atoms with E-state index in [1.54, 1.807) is 36.4 Å². The number of aliphatic hydroxyl groups excluding tert-OH is 1. The zero-order valence-corrected chi connectivity index (χ0v) is 19.6. The number of hydrogen-bond acceptors (Lipinski definition) is 8. The molecule has 0 aliphatic carbocycles. The Morgan fingerprint density at radius 3 is 2.44 bits per heavy atom. The van der Waals surface area contributed by atoms with Gasteiger partial charge in [-0.05, 0) is 69.3 Å². The lowest BCUT2D eigenvalue weighted by Gasteiger charge is -2.32. The summed E-state index contributed by atoms with van der Waals surface area (Å²) in [6, 6.07) is 10.4. The van der Waals surface area contributed by atoms with Gasteiger partial charge in [-0.2, -0.15) is 0 Å². The number of carbonyl (C=O) groups is 2. The van der Waals surface area contributed by atoms with E-state index < -0.39 is 6.10 Å². The standard InChI is InChI=1S/C26H31NO7/c1-17(28)19-3-5-22(24(13-19)31-2)34-16-21(29)15-27-9-7-18(8-10-27)26(30)20-4-6-23-25(14-20)33-12-11-32-23/h3-6,13-14,18,21,29H,7-12,15-16H2,1-2H3/t21-/m1/s1. The molecule has 182 valence electrons. The van der Waals surface area contributed by atoms with E-state index in [0.717, 1.165) is 25.9 Å². The van der Waals surface area contributed by atoms with Crippen LogP contribution in [0.4, 0.5) is 0 Å². The molecular formula is C26H31NO7. The molecule has 2 aromatic carbocycles. The van der Waals surface area contributed by atoms with Crippen LogP contribution in [0.3, 0.4) is 0 Å². The van der Waals surface area contributed by atoms with E-state index in [1.165, 1.54) is 14.0 Å². The molecule has 8 nitrogen and oxygen atoms in total. The van der Waals surface area contributed by atoms with Gasteiger partial charge in [0, 0.05) is 23.6 Å². The monoisotopic (exact) mass is 469 g/mol. The first-order valence-electron chi connectivity index (χ1n) is 11.6. The maximum Gasteiger partial charge on any atom is 0.166 e. The number of ketones is 2. The highest BCUT2D eigenvalue weighted by molar-refractivity contribution is 5.98. The third kappa shape index (κ3) is 5.69. The second kappa shape index (κ2) is 10.9. The summed E-state index contributed by atoms with van der Waals surface area (Å²) >= 11 is 0. The number of methoxy groups -OCH3 is 1. The van der Waals surface area contributed by atoms with Gasteiger partial charge in [0.05, 0.1) is 7.11 Å². The molecule has 2 aliphatic heterocycles. The average Bonchev–Trinajstić information content (AvgIpc) is 2.87. The number of fused-ring (bicyclic) bond motifs is 1. The minimum Gasteiger partial charge on any atom is -0.493 e. The average molecular weight is 470 g/mol. The predicted octanol–water partition coefficient (Wildman–Crippen LogP) is 3.00. The molecule has 8 heteroatoms. The minimum atomic E-state index is -0.692. The fourth-order valence-corrected chi connectivity index (χ4v) is 4.35. The van der Waals surface area contributed by atoms with Crippen molar-refractivity contribution in [3.63, 3.8) is 0 Å². The van der Waals surface area contributed by atoms with Gasteiger partial charge in [-0.1, -0.05) is 0 Å². The first-order chi connectivity index (χ1) is 16.4. The molecule has 0 saturated carbocycles. The van der Waals surface area contributed by atoms with Crippen molar-refractivity contribution in [1.29, 1.82) is 0 Å². The summed E-state index contributed by atoms with van der Waals surface area (Å²) in [6.45, 7) is 4.53. The summed E-state index contributed by atoms with van der Waals surface area (Å²) in [5, 5.41) is 10.5. The van der Waals surface area contributed by atoms with Crippen molar-refractivity contribution in [2.45, 2.75) is 25.9 Å². The number of Topliss-reactive ketones (excluding diaryl/α,β-unsaturated/α-hetero) is 2. The summed E-state index contributed by atoms with van der Waals surface area (Å²) in [5.74, 6) is 2.28. The molecule has 4 rings (SSSR count). The summed E-state index contributed by atoms with van der Waals surface area (Å²) in [7, 11) is 1.51. The van der Waals surface area contributed by atoms with Crippen LogP contribution in [0.25, 0.3) is 0 Å². The highest BCUT2D eigenvalue weighted by atomic mass is 16.6. The zero-order chi connectivity index (χ0) is 24.1. The van der Waals surface area contributed by atoms with Crippen molar-refractivity contribution in [2.24, 2.45) is 5.92 Å². The summed E-state index contributed by atoms with van der Waals surface area (Å²) < 4.78 is 22.2. The van der Waals surface area contributed by atoms with E-state index in [1.807, 2.05) is 0 Å². The number of piperidine rings is 1. The molecule has 0 spiro atoms. The minimum absolute atomic E-state index is 0.0451. The van der Waals surface area contributed by atoms with E-state index >= 15 is 0 Å². The number of aliphatic hydroxyl groups is 1. The van der Waals surface area contributed by atoms with Crippen LogP contribution < -0.4 is 18.9 Å². The van der Waals surface area contributed by atoms with E-state index in [2.05, 4.69) is 4.90 Å². The Morgan fingerprint density at radius 1 is 1.03 bits per heavy atom. The second-order valence-corrected chi connectivity index (χ2v) is 8.68. The number of benzene rings is 2. The van der Waals surface area contributed by atoms with Crippen molar-refractivity contribution < 1.29 is 33.6 Å². The molecule has 2 aliphatic rings. The number of hydrogen-bond donors (Lipinski definition) is 1. The van der Waals surface area contributed by atoms with Crippen molar-refractivity contribution in [1.82, 2.24) is 4.90 Å². The van der Waals surface area contributed by atoms with Crippen LogP contribution in [0.2, 0.25) is 0 Å². The lowest BCUT2D eigenvalue weighted by molar-refractivity contribution is 0.0517. The Bertz CT molecular complexity index is 1030. The predicted molar refractivity (Wildman–Crippen MR) is 125 cm³/mol. The number of carbonyl (C=O) groups excluding carboxylic acids is 2. The van der Waals surface area contributed by atoms with Gasteiger partial charge in [-0.25, -0.2) is 0 Å². The Balaban J connectivity index is 1.25. The highest BCUT2D eigenvalue weighted by Gasteiger charge is 2.28. The zero-order valence-electron chi connectivity index (χ0n) is 19.6. The Morgan fingerprint density at radius 2 is 1.74 bits per heavy atom. The third-order valence-corrected chi connectivity index (χ3v) is 6.26. The van der Waals surface area contributed by atoms with Gasteiger partial charge in [0.15, 0.2) is 34.6 Å². The Kier molecular flexibility index (Phi) is 7.70. The number of rotatable bonds is 9. The fraction of sp³-hybridized carbons (Fsp3) is 0.462. The summed E-state index contributed by atoms with van der Waals surface area (Å²) in [5.41, 5.74) is 1.19. The number of likely N-dealkylation sites (tertiary alicyclic amines) is 1. The van der Waals surface area contributed by atoms with Gasteiger partial charge in [-0.3, -0.25) is 9.59 Å². The first kappa shape index (κ1) is 24.0. The molecule has 1 saturated heterocycles. The largest absolute Gasteiger partial charge is 0.493 e. The number of ether oxygens (including phenoxy) is 4. The molecule has 34 heavy (non-hydrogen) atoms. The van der Waals surface area contributed by atoms with Crippen LogP contribution in [0.15, 0.2) is 36.4 Å². The molecule has 0 bridgehead atoms. The van der Waals surface area contributed by atoms with Crippen LogP contribution in [0, 0.1) is 5.92 Å². The molecule has 1 atom stereocenters. The molecule has 1 fully saturated rings. The fourth-order valence-electron chi connectivity index (χ4n) is 4.35. The van der Waals surface area contributed by atoms with Crippen molar-refractivity contribution in [2.75, 3.05) is 46.6 Å². The third-order valence-electron chi connectivity index (χ3n) is 6.26. The topological polar surface area (TPSA) is 94.5 Å². The summed E-state index contributed by atoms with van der Waals surface area (Å²) in [6.07, 6.45) is 0.782. The highest BCUT2D eigenvalue weighted by Crippen LogP contribution is 2.33. The van der Waals surface area contributed by atoms with Crippen LogP contribution in [-0.4, -0.2) is 74.2 Å². The Hall–Kier alpha value is -3.10. The molecule has 0 aromatic heterocycles. The van der Waals surface area contributed by atoms with Gasteiger partial charge in [-0.15, -0.1) is 0 Å². The smallest absolute Gasteiger partial charge is 0.166 e. The van der Waals surface area contributed by atoms with E-state index in [-0.39, 0.29) is 24.1 Å². The van der Waals surface area contributed by atoms with Crippen LogP contribution in [0.1, 0.15) is 40.5 Å². The van der Waals surface area contributed by atoms with Gasteiger partial charge in [0.2, 0.25) is 0 Å². The normalized spacial score (nSPS) is 17.1. The molecule has 0 unspecified atom stereocenters. The number of β-amino-alcohol motifs (C(OH)–C–C–N with tert-alkyl or cyclic N) is 1. The van der Waals surface area contributed by atoms with E-state index in [9.17, 15) is 14.7 Å². The molecule has 2 heterocycles. The van der Waals surface area contributed by atoms with Crippen molar-refractivity contribution in [3.05, 3.63) is 47.5 Å². The van der Waals surface area contributed by atoms with Gasteiger partial charge in [0.25, 0.3) is 0 Å². The SMILES string of the molecule is COc1cc(C(C)=O)ccc1OC[C@H](O)CN1CCC(C(=O)c2ccc3c(c2)OCCO3)CC1. The van der Waals surface area contributed by atoms with Gasteiger partial charge < -0.3 is 29.0 Å². The molecule has 1 N–H and O–H groups in total.